The fraction of sp³-hybridized carbons (Fsp3) is 0.455. The van der Waals surface area contributed by atoms with Gasteiger partial charge in [-0.25, -0.2) is 0 Å². The maximum Gasteiger partial charge on any atom is 0.231 e. The van der Waals surface area contributed by atoms with Gasteiger partial charge in [-0.15, -0.1) is 15.3 Å². The molecule has 0 aliphatic carbocycles. The lowest BCUT2D eigenvalue weighted by Crippen LogP contribution is -2.33. The maximum atomic E-state index is 12.3. The Bertz CT molecular complexity index is 966. The number of rotatable bonds is 11. The van der Waals surface area contributed by atoms with E-state index in [2.05, 4.69) is 34.5 Å². The summed E-state index contributed by atoms with van der Waals surface area (Å²) in [6.45, 7) is 4.97. The third-order valence-electron chi connectivity index (χ3n) is 4.88. The molecule has 8 nitrogen and oxygen atoms in total. The van der Waals surface area contributed by atoms with Crippen LogP contribution in [0.4, 0.5) is 0 Å². The van der Waals surface area contributed by atoms with Crippen LogP contribution in [0.3, 0.4) is 0 Å². The van der Waals surface area contributed by atoms with Crippen LogP contribution < -0.4 is 14.8 Å². The number of fused-ring (bicyclic) bond motifs is 1. The third-order valence-corrected chi connectivity index (χ3v) is 4.88. The van der Waals surface area contributed by atoms with Gasteiger partial charge in [0.25, 0.3) is 0 Å². The van der Waals surface area contributed by atoms with E-state index in [1.165, 1.54) is 0 Å². The summed E-state index contributed by atoms with van der Waals surface area (Å²) >= 11 is 0. The van der Waals surface area contributed by atoms with Gasteiger partial charge in [0.1, 0.15) is 12.4 Å². The van der Waals surface area contributed by atoms with Crippen molar-refractivity contribution >= 4 is 11.6 Å². The first-order valence-electron chi connectivity index (χ1n) is 10.4. The average Bonchev–Trinajstić information content (AvgIpc) is 3.19. The van der Waals surface area contributed by atoms with Gasteiger partial charge in [0, 0.05) is 12.0 Å². The van der Waals surface area contributed by atoms with Gasteiger partial charge in [0.2, 0.25) is 11.8 Å². The van der Waals surface area contributed by atoms with Gasteiger partial charge in [-0.05, 0) is 31.0 Å². The zero-order chi connectivity index (χ0) is 21.3. The molecule has 0 saturated carbocycles. The molecule has 0 bridgehead atoms. The van der Waals surface area contributed by atoms with E-state index in [4.69, 9.17) is 9.47 Å². The first kappa shape index (κ1) is 21.5. The minimum atomic E-state index is 0.0786. The Hall–Kier alpha value is -3.16. The second-order valence-corrected chi connectivity index (χ2v) is 7.08. The van der Waals surface area contributed by atoms with Gasteiger partial charge in [0.05, 0.1) is 19.2 Å². The van der Waals surface area contributed by atoms with Gasteiger partial charge in [0.15, 0.2) is 11.5 Å². The number of amides is 1. The summed E-state index contributed by atoms with van der Waals surface area (Å²) in [5.74, 6) is 1.88. The van der Waals surface area contributed by atoms with Gasteiger partial charge >= 0.3 is 0 Å². The average molecular weight is 412 g/mol. The Morgan fingerprint density at radius 3 is 2.60 bits per heavy atom. The Morgan fingerprint density at radius 1 is 1.10 bits per heavy atom. The number of nitrogens with one attached hydrogen (secondary N) is 1. The molecule has 160 valence electrons. The maximum absolute atomic E-state index is 12.3. The largest absolute Gasteiger partial charge is 0.496 e. The minimum absolute atomic E-state index is 0.0786. The van der Waals surface area contributed by atoms with Gasteiger partial charge in [-0.3, -0.25) is 4.79 Å². The highest BCUT2D eigenvalue weighted by Crippen LogP contribution is 2.28. The number of hydrogen-bond donors (Lipinski definition) is 1. The number of benzene rings is 1. The molecule has 0 fully saturated rings. The molecule has 0 aliphatic rings. The minimum Gasteiger partial charge on any atom is -0.496 e. The number of carbonyl (C=O) groups excluding carboxylic acids is 1. The lowest BCUT2D eigenvalue weighted by atomic mass is 9.97. The van der Waals surface area contributed by atoms with Crippen molar-refractivity contribution in [3.05, 3.63) is 36.4 Å². The van der Waals surface area contributed by atoms with Crippen LogP contribution in [0.25, 0.3) is 17.0 Å². The van der Waals surface area contributed by atoms with Crippen molar-refractivity contribution in [2.45, 2.75) is 39.5 Å². The molecule has 1 aromatic carbocycles. The van der Waals surface area contributed by atoms with Crippen LogP contribution in [-0.2, 0) is 4.79 Å². The highest BCUT2D eigenvalue weighted by atomic mass is 16.5. The van der Waals surface area contributed by atoms with Gasteiger partial charge < -0.3 is 14.8 Å². The van der Waals surface area contributed by atoms with Crippen LogP contribution in [0, 0.1) is 5.92 Å². The first-order valence-corrected chi connectivity index (χ1v) is 10.4. The highest BCUT2D eigenvalue weighted by molar-refractivity contribution is 5.78. The monoisotopic (exact) mass is 411 g/mol. The summed E-state index contributed by atoms with van der Waals surface area (Å²) in [7, 11) is 1.61. The quantitative estimate of drug-likeness (QED) is 0.486. The van der Waals surface area contributed by atoms with Crippen LogP contribution in [-0.4, -0.2) is 46.0 Å². The zero-order valence-electron chi connectivity index (χ0n) is 17.8. The molecule has 30 heavy (non-hydrogen) atoms. The molecule has 1 N–H and O–H groups in total. The van der Waals surface area contributed by atoms with Crippen LogP contribution in [0.1, 0.15) is 39.5 Å². The summed E-state index contributed by atoms with van der Waals surface area (Å²) in [5, 5.41) is 15.9. The molecule has 3 aromatic rings. The first-order chi connectivity index (χ1) is 14.7. The number of carbonyl (C=O) groups is 1. The lowest BCUT2D eigenvalue weighted by Gasteiger charge is -2.15. The molecule has 0 atom stereocenters. The van der Waals surface area contributed by atoms with Crippen molar-refractivity contribution in [3.63, 3.8) is 0 Å². The smallest absolute Gasteiger partial charge is 0.231 e. The fourth-order valence-corrected chi connectivity index (χ4v) is 3.42. The number of nitrogens with zero attached hydrogens (tertiary/aromatic N) is 4. The molecule has 0 radical (unpaired) electrons. The summed E-state index contributed by atoms with van der Waals surface area (Å²) in [6.07, 6.45) is 3.84. The van der Waals surface area contributed by atoms with E-state index >= 15 is 0 Å². The Kier molecular flexibility index (Phi) is 7.59. The van der Waals surface area contributed by atoms with Crippen LogP contribution in [0.5, 0.6) is 11.6 Å². The van der Waals surface area contributed by atoms with Crippen LogP contribution in [0.15, 0.2) is 36.4 Å². The van der Waals surface area contributed by atoms with Crippen molar-refractivity contribution in [2.24, 2.45) is 5.92 Å². The number of para-hydroxylation sites is 1. The molecule has 2 heterocycles. The summed E-state index contributed by atoms with van der Waals surface area (Å²) in [6, 6.07) is 11.1. The zero-order valence-corrected chi connectivity index (χ0v) is 17.8. The van der Waals surface area contributed by atoms with Crippen molar-refractivity contribution in [2.75, 3.05) is 20.3 Å². The van der Waals surface area contributed by atoms with E-state index in [0.717, 1.165) is 31.2 Å². The van der Waals surface area contributed by atoms with Crippen molar-refractivity contribution in [3.8, 4) is 23.0 Å². The molecular formula is C22H29N5O3. The molecule has 0 saturated heterocycles. The predicted octanol–water partition coefficient (Wildman–Crippen LogP) is 3.51. The molecular weight excluding hydrogens is 382 g/mol. The van der Waals surface area contributed by atoms with Crippen molar-refractivity contribution in [1.82, 2.24) is 25.1 Å². The van der Waals surface area contributed by atoms with E-state index in [1.54, 1.807) is 23.8 Å². The van der Waals surface area contributed by atoms with Crippen LogP contribution in [0.2, 0.25) is 0 Å². The number of aromatic nitrogens is 4. The molecule has 2 aromatic heterocycles. The molecule has 1 amide bonds. The number of hydrogen-bond acceptors (Lipinski definition) is 6. The second-order valence-electron chi connectivity index (χ2n) is 7.08. The second kappa shape index (κ2) is 10.6. The lowest BCUT2D eigenvalue weighted by molar-refractivity contribution is -0.125. The van der Waals surface area contributed by atoms with Crippen molar-refractivity contribution < 1.29 is 14.3 Å². The van der Waals surface area contributed by atoms with E-state index < -0.39 is 0 Å². The third kappa shape index (κ3) is 5.06. The van der Waals surface area contributed by atoms with Crippen molar-refractivity contribution in [1.29, 1.82) is 0 Å². The number of ether oxygens (including phenoxy) is 2. The normalized spacial score (nSPS) is 11.1. The standard InChI is InChI=1S/C22H29N5O3/c1-4-8-16(9-5-2)22(28)23-14-15-30-20-13-12-19-24-25-21(27(19)26-20)17-10-6-7-11-18(17)29-3/h6-7,10-13,16H,4-5,8-9,14-15H2,1-3H3,(H,23,28). The summed E-state index contributed by atoms with van der Waals surface area (Å²) in [5.41, 5.74) is 1.40. The Morgan fingerprint density at radius 2 is 1.87 bits per heavy atom. The van der Waals surface area contributed by atoms with E-state index in [1.807, 2.05) is 24.3 Å². The Labute approximate surface area is 176 Å². The summed E-state index contributed by atoms with van der Waals surface area (Å²) < 4.78 is 12.8. The molecule has 0 spiro atoms. The summed E-state index contributed by atoms with van der Waals surface area (Å²) in [4.78, 5) is 12.3. The molecule has 0 unspecified atom stereocenters. The van der Waals surface area contributed by atoms with E-state index in [0.29, 0.717) is 36.3 Å². The predicted molar refractivity (Wildman–Crippen MR) is 115 cm³/mol. The fourth-order valence-electron chi connectivity index (χ4n) is 3.42. The highest BCUT2D eigenvalue weighted by Gasteiger charge is 2.16. The SMILES string of the molecule is CCCC(CCC)C(=O)NCCOc1ccc2nnc(-c3ccccc3OC)n2n1. The van der Waals surface area contributed by atoms with E-state index in [9.17, 15) is 4.79 Å². The molecule has 0 aliphatic heterocycles. The number of methoxy groups -OCH3 is 1. The van der Waals surface area contributed by atoms with Gasteiger partial charge in [-0.2, -0.15) is 4.52 Å². The van der Waals surface area contributed by atoms with Crippen LogP contribution >= 0.6 is 0 Å². The molecule has 8 heteroatoms. The van der Waals surface area contributed by atoms with E-state index in [-0.39, 0.29) is 11.8 Å². The van der Waals surface area contributed by atoms with Gasteiger partial charge in [-0.1, -0.05) is 38.8 Å². The Balaban J connectivity index is 1.64. The topological polar surface area (TPSA) is 90.6 Å². The molecule has 3 rings (SSSR count).